The minimum Gasteiger partial charge on any atom is -0.444 e. The summed E-state index contributed by atoms with van der Waals surface area (Å²) in [4.78, 5) is 11.7. The Hall–Kier alpha value is -1.24. The molecule has 0 aliphatic heterocycles. The molecule has 7 heteroatoms. The maximum Gasteiger partial charge on any atom is 0.408 e. The average Bonchev–Trinajstić information content (AvgIpc) is 2.74. The highest BCUT2D eigenvalue weighted by Gasteiger charge is 2.30. The monoisotopic (exact) mass is 312 g/mol. The lowest BCUT2D eigenvalue weighted by Crippen LogP contribution is -2.34. The zero-order valence-corrected chi connectivity index (χ0v) is 13.9. The van der Waals surface area contributed by atoms with Crippen LogP contribution in [0.3, 0.4) is 0 Å². The molecule has 1 unspecified atom stereocenters. The standard InChI is InChI=1S/C14H24N4O2S/c1-9(15-13(19)20-14(2,3)4)12-7-18(17-16-12)11-5-10(6-11)8-21/h7,9-11,21H,5-6,8H2,1-4H3,(H,15,19). The number of carbonyl (C=O) groups excluding carboxylic acids is 1. The summed E-state index contributed by atoms with van der Waals surface area (Å²) in [7, 11) is 0. The molecule has 6 nitrogen and oxygen atoms in total. The fourth-order valence-electron chi connectivity index (χ4n) is 2.29. The van der Waals surface area contributed by atoms with E-state index in [2.05, 4.69) is 28.3 Å². The topological polar surface area (TPSA) is 69.0 Å². The first-order chi connectivity index (χ1) is 9.78. The van der Waals surface area contributed by atoms with Gasteiger partial charge in [-0.15, -0.1) is 5.10 Å². The fraction of sp³-hybridized carbons (Fsp3) is 0.786. The number of amides is 1. The molecule has 0 saturated heterocycles. The van der Waals surface area contributed by atoms with Gasteiger partial charge < -0.3 is 10.1 Å². The normalized spacial score (nSPS) is 23.3. The van der Waals surface area contributed by atoms with Crippen LogP contribution < -0.4 is 5.32 Å². The molecule has 1 heterocycles. The van der Waals surface area contributed by atoms with E-state index in [1.807, 2.05) is 38.6 Å². The van der Waals surface area contributed by atoms with E-state index in [0.29, 0.717) is 12.0 Å². The molecule has 1 aliphatic carbocycles. The van der Waals surface area contributed by atoms with Crippen molar-refractivity contribution in [3.8, 4) is 0 Å². The van der Waals surface area contributed by atoms with Crippen LogP contribution in [0.5, 0.6) is 0 Å². The summed E-state index contributed by atoms with van der Waals surface area (Å²) in [5, 5.41) is 11.1. The Morgan fingerprint density at radius 2 is 2.24 bits per heavy atom. The summed E-state index contributed by atoms with van der Waals surface area (Å²) in [6.45, 7) is 7.38. The molecule has 1 aliphatic rings. The number of hydrogen-bond donors (Lipinski definition) is 2. The van der Waals surface area contributed by atoms with Gasteiger partial charge in [0.25, 0.3) is 0 Å². The van der Waals surface area contributed by atoms with Gasteiger partial charge in [-0.05, 0) is 52.2 Å². The summed E-state index contributed by atoms with van der Waals surface area (Å²) in [6, 6.07) is 0.187. The van der Waals surface area contributed by atoms with Gasteiger partial charge in [0.2, 0.25) is 0 Å². The van der Waals surface area contributed by atoms with Crippen molar-refractivity contribution in [1.29, 1.82) is 0 Å². The van der Waals surface area contributed by atoms with Gasteiger partial charge in [-0.3, -0.25) is 0 Å². The van der Waals surface area contributed by atoms with Crippen LogP contribution in [0, 0.1) is 5.92 Å². The SMILES string of the molecule is CC(NC(=O)OC(C)(C)C)c1cn(C2CC(CS)C2)nn1. The predicted octanol–water partition coefficient (Wildman–Crippen LogP) is 2.74. The maximum atomic E-state index is 11.7. The van der Waals surface area contributed by atoms with Crippen molar-refractivity contribution in [3.63, 3.8) is 0 Å². The van der Waals surface area contributed by atoms with Crippen LogP contribution >= 0.6 is 12.6 Å². The third kappa shape index (κ3) is 4.36. The molecule has 0 bridgehead atoms. The van der Waals surface area contributed by atoms with E-state index in [1.165, 1.54) is 0 Å². The van der Waals surface area contributed by atoms with Gasteiger partial charge in [-0.1, -0.05) is 5.21 Å². The van der Waals surface area contributed by atoms with Crippen molar-refractivity contribution >= 4 is 18.7 Å². The minimum atomic E-state index is -0.505. The molecule has 118 valence electrons. The number of nitrogens with one attached hydrogen (secondary N) is 1. The summed E-state index contributed by atoms with van der Waals surface area (Å²) in [5.74, 6) is 1.61. The number of carbonyl (C=O) groups is 1. The highest BCUT2D eigenvalue weighted by atomic mass is 32.1. The Balaban J connectivity index is 1.87. The number of hydrogen-bond acceptors (Lipinski definition) is 5. The molecule has 1 saturated carbocycles. The Kier molecular flexibility index (Phi) is 4.81. The zero-order chi connectivity index (χ0) is 15.6. The van der Waals surface area contributed by atoms with E-state index in [1.54, 1.807) is 0 Å². The maximum absolute atomic E-state index is 11.7. The molecule has 1 atom stereocenters. The summed E-state index contributed by atoms with van der Waals surface area (Å²) < 4.78 is 7.12. The third-order valence-corrected chi connectivity index (χ3v) is 4.06. The first kappa shape index (κ1) is 16.1. The van der Waals surface area contributed by atoms with E-state index in [4.69, 9.17) is 4.74 Å². The van der Waals surface area contributed by atoms with Crippen molar-refractivity contribution in [2.45, 2.75) is 58.2 Å². The van der Waals surface area contributed by atoms with E-state index in [-0.39, 0.29) is 6.04 Å². The number of rotatable bonds is 4. The molecule has 1 fully saturated rings. The fourth-order valence-corrected chi connectivity index (χ4v) is 2.59. The van der Waals surface area contributed by atoms with Crippen LogP contribution in [-0.4, -0.2) is 32.4 Å². The van der Waals surface area contributed by atoms with E-state index < -0.39 is 11.7 Å². The summed E-state index contributed by atoms with van der Waals surface area (Å²) >= 11 is 4.30. The van der Waals surface area contributed by atoms with Crippen molar-refractivity contribution in [1.82, 2.24) is 20.3 Å². The largest absolute Gasteiger partial charge is 0.444 e. The van der Waals surface area contributed by atoms with Crippen molar-refractivity contribution in [2.24, 2.45) is 5.92 Å². The van der Waals surface area contributed by atoms with Crippen LogP contribution in [0.15, 0.2) is 6.20 Å². The first-order valence-electron chi connectivity index (χ1n) is 7.30. The molecule has 0 spiro atoms. The number of ether oxygens (including phenoxy) is 1. The zero-order valence-electron chi connectivity index (χ0n) is 13.0. The van der Waals surface area contributed by atoms with Crippen molar-refractivity contribution < 1.29 is 9.53 Å². The van der Waals surface area contributed by atoms with Crippen LogP contribution in [0.2, 0.25) is 0 Å². The van der Waals surface area contributed by atoms with E-state index in [9.17, 15) is 4.79 Å². The smallest absolute Gasteiger partial charge is 0.408 e. The Morgan fingerprint density at radius 1 is 1.57 bits per heavy atom. The highest BCUT2D eigenvalue weighted by molar-refractivity contribution is 7.80. The van der Waals surface area contributed by atoms with Crippen LogP contribution in [-0.2, 0) is 4.74 Å². The lowest BCUT2D eigenvalue weighted by atomic mass is 9.82. The predicted molar refractivity (Wildman–Crippen MR) is 83.4 cm³/mol. The summed E-state index contributed by atoms with van der Waals surface area (Å²) in [6.07, 6.45) is 3.66. The molecule has 1 aromatic rings. The average molecular weight is 312 g/mol. The molecular formula is C14H24N4O2S. The van der Waals surface area contributed by atoms with Gasteiger partial charge in [0.1, 0.15) is 11.3 Å². The Labute approximate surface area is 131 Å². The molecule has 1 aromatic heterocycles. The van der Waals surface area contributed by atoms with Gasteiger partial charge in [0, 0.05) is 0 Å². The van der Waals surface area contributed by atoms with E-state index >= 15 is 0 Å². The lowest BCUT2D eigenvalue weighted by molar-refractivity contribution is 0.0507. The Bertz CT molecular complexity index is 491. The number of alkyl carbamates (subject to hydrolysis) is 1. The second-order valence-corrected chi connectivity index (χ2v) is 7.03. The van der Waals surface area contributed by atoms with Crippen LogP contribution in [0.4, 0.5) is 4.79 Å². The van der Waals surface area contributed by atoms with Gasteiger partial charge in [-0.2, -0.15) is 12.6 Å². The second kappa shape index (κ2) is 6.25. The molecule has 0 radical (unpaired) electrons. The third-order valence-electron chi connectivity index (χ3n) is 3.55. The molecule has 1 N–H and O–H groups in total. The lowest BCUT2D eigenvalue weighted by Gasteiger charge is -2.33. The Morgan fingerprint density at radius 3 is 2.81 bits per heavy atom. The number of nitrogens with zero attached hydrogens (tertiary/aromatic N) is 3. The van der Waals surface area contributed by atoms with Crippen LogP contribution in [0.25, 0.3) is 0 Å². The molecule has 21 heavy (non-hydrogen) atoms. The highest BCUT2D eigenvalue weighted by Crippen LogP contribution is 2.37. The molecular weight excluding hydrogens is 288 g/mol. The molecule has 2 rings (SSSR count). The second-order valence-electron chi connectivity index (χ2n) is 6.67. The quantitative estimate of drug-likeness (QED) is 0.839. The van der Waals surface area contributed by atoms with Gasteiger partial charge >= 0.3 is 6.09 Å². The van der Waals surface area contributed by atoms with Crippen molar-refractivity contribution in [2.75, 3.05) is 5.75 Å². The van der Waals surface area contributed by atoms with Crippen LogP contribution in [0.1, 0.15) is 58.3 Å². The molecule has 1 amide bonds. The minimum absolute atomic E-state index is 0.227. The van der Waals surface area contributed by atoms with Gasteiger partial charge in [-0.25, -0.2) is 9.48 Å². The number of thiol groups is 1. The molecule has 0 aromatic carbocycles. The van der Waals surface area contributed by atoms with Gasteiger partial charge in [0.05, 0.1) is 18.3 Å². The first-order valence-corrected chi connectivity index (χ1v) is 7.94. The van der Waals surface area contributed by atoms with E-state index in [0.717, 1.165) is 24.3 Å². The number of aromatic nitrogens is 3. The van der Waals surface area contributed by atoms with Crippen molar-refractivity contribution in [3.05, 3.63) is 11.9 Å². The summed E-state index contributed by atoms with van der Waals surface area (Å²) in [5.41, 5.74) is 0.241. The van der Waals surface area contributed by atoms with Gasteiger partial charge in [0.15, 0.2) is 0 Å².